The first-order valence-corrected chi connectivity index (χ1v) is 23.1. The minimum atomic E-state index is -2.88. The molecule has 1 unspecified atom stereocenters. The topological polar surface area (TPSA) is 144 Å². The largest absolute Gasteiger partial charge is 0.508 e. The van der Waals surface area contributed by atoms with Crippen LogP contribution in [0.3, 0.4) is 0 Å². The van der Waals surface area contributed by atoms with Crippen molar-refractivity contribution in [1.82, 2.24) is 15.0 Å². The number of nitrogens with one attached hydrogen (secondary N) is 1. The first-order valence-electron chi connectivity index (χ1n) is 20.2. The van der Waals surface area contributed by atoms with Crippen LogP contribution in [-0.4, -0.2) is 92.3 Å². The number of anilines is 1. The maximum absolute atomic E-state index is 15.5. The van der Waals surface area contributed by atoms with Gasteiger partial charge in [0.1, 0.15) is 23.7 Å². The van der Waals surface area contributed by atoms with E-state index in [-0.39, 0.29) is 46.4 Å². The molecule has 0 bridgehead atoms. The van der Waals surface area contributed by atoms with Crippen LogP contribution in [0.25, 0.3) is 0 Å². The zero-order chi connectivity index (χ0) is 41.2. The van der Waals surface area contributed by atoms with E-state index in [0.717, 1.165) is 37.8 Å². The molecule has 13 heteroatoms. The molecule has 3 aromatic rings. The first-order chi connectivity index (χ1) is 26.9. The number of ketones is 2. The number of aromatic nitrogens is 1. The zero-order valence-electron chi connectivity index (χ0n) is 35.1. The molecule has 2 heterocycles. The molecule has 3 aliphatic carbocycles. The molecule has 57 heavy (non-hydrogen) atoms. The van der Waals surface area contributed by atoms with E-state index in [4.69, 9.17) is 18.4 Å². The van der Waals surface area contributed by atoms with E-state index in [2.05, 4.69) is 36.1 Å². The van der Waals surface area contributed by atoms with Gasteiger partial charge in [-0.25, -0.2) is 0 Å². The predicted molar refractivity (Wildman–Crippen MR) is 220 cm³/mol. The normalized spacial score (nSPS) is 25.3. The zero-order valence-corrected chi connectivity index (χ0v) is 36.1. The molecule has 306 valence electrons. The lowest BCUT2D eigenvalue weighted by atomic mass is 9.58. The third-order valence-electron chi connectivity index (χ3n) is 13.4. The number of amides is 1. The average molecular weight is 799 g/mol. The van der Waals surface area contributed by atoms with Gasteiger partial charge in [-0.1, -0.05) is 63.9 Å². The van der Waals surface area contributed by atoms with E-state index in [9.17, 15) is 9.90 Å². The van der Waals surface area contributed by atoms with Gasteiger partial charge in [0.2, 0.25) is 11.7 Å². The Morgan fingerprint density at radius 1 is 1.12 bits per heavy atom. The number of methoxy groups -OCH3 is 1. The highest BCUT2D eigenvalue weighted by Gasteiger charge is 2.67. The van der Waals surface area contributed by atoms with Crippen molar-refractivity contribution in [2.45, 2.75) is 109 Å². The number of nitrogens with zero attached hydrogens (tertiary/aromatic N) is 3. The highest BCUT2D eigenvalue weighted by Crippen LogP contribution is 2.60. The molecule has 5 atom stereocenters. The monoisotopic (exact) mass is 798 g/mol. The van der Waals surface area contributed by atoms with E-state index in [1.807, 2.05) is 82.5 Å². The standard InChI is InChI=1S/C44H58N4O8Si/c1-25-30(45-41(52)31-19-15-12-16-20-48(31)7)23-32(53-8)28-21-27-22-29-36(47(5)6)38-35(42(46-55-38)54-24-26-17-13-11-14-18-26)40(51)44(29,56-57(9,10)43(2,3)4)39(50)34(27)37(49)33(25)28/h11,13-14,17-18,23,27,29,31,36,50H,12,15-16,19-22,24H2,1-10H3,(H,45,52)/t27-,29-,31?,36-,44-/m0/s1. The van der Waals surface area contributed by atoms with Crippen molar-refractivity contribution in [3.63, 3.8) is 0 Å². The summed E-state index contributed by atoms with van der Waals surface area (Å²) in [5.74, 6) is -1.69. The summed E-state index contributed by atoms with van der Waals surface area (Å²) in [4.78, 5) is 48.6. The molecule has 12 nitrogen and oxygen atoms in total. The van der Waals surface area contributed by atoms with Gasteiger partial charge in [0.15, 0.2) is 25.5 Å². The summed E-state index contributed by atoms with van der Waals surface area (Å²) in [5.41, 5.74) is 1.36. The number of ether oxygens (including phenoxy) is 2. The number of carbonyl (C=O) groups is 3. The molecule has 1 aliphatic heterocycles. The number of rotatable bonds is 9. The molecule has 4 aliphatic rings. The van der Waals surface area contributed by atoms with Crippen LogP contribution in [0.15, 0.2) is 52.3 Å². The van der Waals surface area contributed by atoms with Gasteiger partial charge < -0.3 is 28.8 Å². The van der Waals surface area contributed by atoms with Gasteiger partial charge in [-0.3, -0.25) is 24.2 Å². The number of aliphatic hydroxyl groups excluding tert-OH is 1. The van der Waals surface area contributed by atoms with Crippen LogP contribution in [0, 0.1) is 18.8 Å². The van der Waals surface area contributed by atoms with Crippen molar-refractivity contribution < 1.29 is 37.9 Å². The van der Waals surface area contributed by atoms with Gasteiger partial charge in [-0.05, 0) is 101 Å². The summed E-state index contributed by atoms with van der Waals surface area (Å²) in [6, 6.07) is 10.5. The molecule has 1 amide bonds. The molecule has 1 fully saturated rings. The minimum absolute atomic E-state index is 0.0166. The van der Waals surface area contributed by atoms with Gasteiger partial charge in [0.05, 0.1) is 19.2 Å². The SMILES string of the molecule is COc1cc(NC(=O)C2CCCCCN2C)c(C)c2c1C[C@H]1C[C@H]3[C@H](N(C)C)c4onc(OCc5ccccc5)c4C(=O)[C@@]3(O[Si](C)(C)C(C)(C)C)C(O)=C1C2=O. The molecule has 1 aromatic heterocycles. The van der Waals surface area contributed by atoms with Gasteiger partial charge >= 0.3 is 0 Å². The number of likely N-dealkylation sites (tertiary alicyclic amines) is 1. The summed E-state index contributed by atoms with van der Waals surface area (Å²) in [6.07, 6.45) is 4.54. The van der Waals surface area contributed by atoms with E-state index in [0.29, 0.717) is 46.7 Å². The van der Waals surface area contributed by atoms with Crippen LogP contribution in [0.5, 0.6) is 11.6 Å². The van der Waals surface area contributed by atoms with Crippen molar-refractivity contribution in [3.8, 4) is 11.6 Å². The predicted octanol–water partition coefficient (Wildman–Crippen LogP) is 7.83. The fourth-order valence-electron chi connectivity index (χ4n) is 9.29. The third-order valence-corrected chi connectivity index (χ3v) is 17.8. The van der Waals surface area contributed by atoms with Crippen molar-refractivity contribution in [3.05, 3.63) is 81.3 Å². The van der Waals surface area contributed by atoms with Crippen molar-refractivity contribution >= 4 is 31.5 Å². The van der Waals surface area contributed by atoms with Gasteiger partial charge in [0.25, 0.3) is 5.88 Å². The van der Waals surface area contributed by atoms with Crippen LogP contribution < -0.4 is 14.8 Å². The van der Waals surface area contributed by atoms with Crippen LogP contribution in [0.2, 0.25) is 18.1 Å². The Morgan fingerprint density at radius 2 is 1.84 bits per heavy atom. The second-order valence-corrected chi connectivity index (χ2v) is 22.8. The lowest BCUT2D eigenvalue weighted by Crippen LogP contribution is -2.65. The van der Waals surface area contributed by atoms with Gasteiger partial charge in [-0.15, -0.1) is 0 Å². The van der Waals surface area contributed by atoms with Crippen LogP contribution in [0.1, 0.15) is 102 Å². The highest BCUT2D eigenvalue weighted by molar-refractivity contribution is 6.74. The molecule has 0 spiro atoms. The summed E-state index contributed by atoms with van der Waals surface area (Å²) in [5, 5.41) is 20.0. The van der Waals surface area contributed by atoms with Crippen LogP contribution in [0.4, 0.5) is 5.69 Å². The van der Waals surface area contributed by atoms with Crippen molar-refractivity contribution in [2.75, 3.05) is 40.1 Å². The number of likely N-dealkylation sites (N-methyl/N-ethyl adjacent to an activating group) is 1. The maximum Gasteiger partial charge on any atom is 0.265 e. The number of fused-ring (bicyclic) bond motifs is 4. The van der Waals surface area contributed by atoms with Crippen molar-refractivity contribution in [2.24, 2.45) is 11.8 Å². The molecule has 0 saturated carbocycles. The number of hydrogen-bond donors (Lipinski definition) is 2. The lowest BCUT2D eigenvalue weighted by Gasteiger charge is -2.55. The molecule has 0 radical (unpaired) electrons. The lowest BCUT2D eigenvalue weighted by molar-refractivity contribution is -0.120. The van der Waals surface area contributed by atoms with Gasteiger partial charge in [-0.2, -0.15) is 0 Å². The quantitative estimate of drug-likeness (QED) is 0.205. The number of Topliss-reactive ketones (excluding diaryl/α,β-unsaturated/α-hetero) is 2. The molecule has 2 aromatic carbocycles. The van der Waals surface area contributed by atoms with Crippen molar-refractivity contribution in [1.29, 1.82) is 0 Å². The molecular formula is C44H58N4O8Si. The van der Waals surface area contributed by atoms with Crippen LogP contribution >= 0.6 is 0 Å². The fourth-order valence-corrected chi connectivity index (χ4v) is 10.7. The summed E-state index contributed by atoms with van der Waals surface area (Å²) in [7, 11) is 4.46. The molecular weight excluding hydrogens is 741 g/mol. The number of hydrogen-bond acceptors (Lipinski definition) is 11. The number of aliphatic hydroxyl groups is 1. The number of benzene rings is 2. The molecule has 2 N–H and O–H groups in total. The van der Waals surface area contributed by atoms with E-state index >= 15 is 9.59 Å². The van der Waals surface area contributed by atoms with E-state index < -0.39 is 43.4 Å². The number of carbonyl (C=O) groups excluding carboxylic acids is 3. The summed E-state index contributed by atoms with van der Waals surface area (Å²) >= 11 is 0. The third kappa shape index (κ3) is 6.83. The molecule has 1 saturated heterocycles. The Balaban J connectivity index is 1.38. The second-order valence-electron chi connectivity index (χ2n) is 18.1. The number of allylic oxidation sites excluding steroid dienone is 1. The summed E-state index contributed by atoms with van der Waals surface area (Å²) in [6.45, 7) is 13.1. The fraction of sp³-hybridized carbons (Fsp3) is 0.545. The Labute approximate surface area is 337 Å². The molecule has 7 rings (SSSR count). The van der Waals surface area contributed by atoms with Crippen LogP contribution in [-0.2, 0) is 22.2 Å². The smallest absolute Gasteiger partial charge is 0.265 e. The van der Waals surface area contributed by atoms with E-state index in [1.165, 1.54) is 0 Å². The Morgan fingerprint density at radius 3 is 2.51 bits per heavy atom. The summed E-state index contributed by atoms with van der Waals surface area (Å²) < 4.78 is 25.4. The Hall–Kier alpha value is -4.30. The second kappa shape index (κ2) is 15.1. The van der Waals surface area contributed by atoms with Gasteiger partial charge in [0, 0.05) is 34.4 Å². The minimum Gasteiger partial charge on any atom is -0.508 e. The first kappa shape index (κ1) is 40.9. The Bertz CT molecular complexity index is 2100. The maximum atomic E-state index is 15.5. The Kier molecular flexibility index (Phi) is 10.9. The van der Waals surface area contributed by atoms with E-state index in [1.54, 1.807) is 7.11 Å². The average Bonchev–Trinajstić information content (AvgIpc) is 3.44. The highest BCUT2D eigenvalue weighted by atomic mass is 28.4.